The number of rotatable bonds is 4. The summed E-state index contributed by atoms with van der Waals surface area (Å²) in [6.45, 7) is 0. The summed E-state index contributed by atoms with van der Waals surface area (Å²) in [6.07, 6.45) is 3.85. The Morgan fingerprint density at radius 2 is 2.21 bits per heavy atom. The first kappa shape index (κ1) is 10.7. The Kier molecular flexibility index (Phi) is 3.64. The molecule has 1 aromatic heterocycles. The van der Waals surface area contributed by atoms with Crippen molar-refractivity contribution in [2.45, 2.75) is 0 Å². The van der Waals surface area contributed by atoms with Gasteiger partial charge in [-0.3, -0.25) is 4.79 Å². The van der Waals surface area contributed by atoms with Gasteiger partial charge in [0.1, 0.15) is 6.29 Å². The number of carbonyl (C=O) groups excluding carboxylic acids is 1. The number of ether oxygens (including phenoxy) is 1. The van der Waals surface area contributed by atoms with E-state index in [1.165, 1.54) is 17.4 Å². The molecule has 0 saturated heterocycles. The first-order valence-electron chi connectivity index (χ1n) is 4.03. The van der Waals surface area contributed by atoms with E-state index in [1.54, 1.807) is 13.2 Å². The van der Waals surface area contributed by atoms with Gasteiger partial charge in [0, 0.05) is 14.1 Å². The Balaban J connectivity index is 3.01. The maximum absolute atomic E-state index is 10.2. The summed E-state index contributed by atoms with van der Waals surface area (Å²) in [5, 5.41) is 0.854. The summed E-state index contributed by atoms with van der Waals surface area (Å²) < 4.78 is 5.08. The van der Waals surface area contributed by atoms with Gasteiger partial charge in [0.25, 0.3) is 0 Å². The third-order valence-electron chi connectivity index (χ3n) is 1.51. The normalized spacial score (nSPS) is 10.5. The molecule has 0 radical (unpaired) electrons. The fraction of sp³-hybridized carbons (Fsp3) is 0.333. The Bertz CT molecular complexity index is 345. The number of aldehydes is 1. The molecule has 14 heavy (non-hydrogen) atoms. The summed E-state index contributed by atoms with van der Waals surface area (Å²) in [5.41, 5.74) is 0. The number of carbonyl (C=O) groups is 1. The average Bonchev–Trinajstić information content (AvgIpc) is 2.57. The van der Waals surface area contributed by atoms with Crippen molar-refractivity contribution >= 4 is 28.8 Å². The summed E-state index contributed by atoms with van der Waals surface area (Å²) in [7, 11) is 5.38. The van der Waals surface area contributed by atoms with E-state index >= 15 is 0 Å². The lowest BCUT2D eigenvalue weighted by molar-refractivity contribution is -0.104. The number of aromatic nitrogens is 1. The van der Waals surface area contributed by atoms with Crippen LogP contribution < -0.4 is 9.64 Å². The number of methoxy groups -OCH3 is 1. The lowest BCUT2D eigenvalue weighted by Gasteiger charge is -2.04. The van der Waals surface area contributed by atoms with Crippen LogP contribution in [0.3, 0.4) is 0 Å². The zero-order valence-corrected chi connectivity index (χ0v) is 9.17. The van der Waals surface area contributed by atoms with E-state index in [0.29, 0.717) is 5.88 Å². The third kappa shape index (κ3) is 2.32. The van der Waals surface area contributed by atoms with Gasteiger partial charge in [0.2, 0.25) is 5.88 Å². The van der Waals surface area contributed by atoms with E-state index < -0.39 is 0 Å². The van der Waals surface area contributed by atoms with Crippen LogP contribution in [0, 0.1) is 0 Å². The second-order valence-electron chi connectivity index (χ2n) is 2.76. The highest BCUT2D eigenvalue weighted by Gasteiger charge is 2.09. The van der Waals surface area contributed by atoms with Crippen molar-refractivity contribution in [1.82, 2.24) is 4.98 Å². The molecule has 0 aliphatic rings. The largest absolute Gasteiger partial charge is 0.480 e. The van der Waals surface area contributed by atoms with Crippen molar-refractivity contribution in [1.29, 1.82) is 0 Å². The lowest BCUT2D eigenvalue weighted by Crippen LogP contribution is -2.07. The first-order chi connectivity index (χ1) is 6.69. The van der Waals surface area contributed by atoms with Crippen LogP contribution in [-0.4, -0.2) is 32.5 Å². The topological polar surface area (TPSA) is 42.4 Å². The van der Waals surface area contributed by atoms with Crippen LogP contribution in [0.15, 0.2) is 6.08 Å². The molecule has 0 bridgehead atoms. The summed E-state index contributed by atoms with van der Waals surface area (Å²) >= 11 is 1.48. The lowest BCUT2D eigenvalue weighted by atomic mass is 10.4. The fourth-order valence-corrected chi connectivity index (χ4v) is 1.75. The van der Waals surface area contributed by atoms with Crippen LogP contribution in [0.25, 0.3) is 6.08 Å². The number of allylic oxidation sites excluding steroid dienone is 1. The van der Waals surface area contributed by atoms with Gasteiger partial charge in [-0.1, -0.05) is 11.3 Å². The third-order valence-corrected chi connectivity index (χ3v) is 2.68. The van der Waals surface area contributed by atoms with Gasteiger partial charge in [-0.05, 0) is 12.2 Å². The Labute approximate surface area is 86.8 Å². The van der Waals surface area contributed by atoms with Crippen LogP contribution in [-0.2, 0) is 4.79 Å². The smallest absolute Gasteiger partial charge is 0.233 e. The monoisotopic (exact) mass is 212 g/mol. The van der Waals surface area contributed by atoms with Gasteiger partial charge in [-0.25, -0.2) is 0 Å². The zero-order chi connectivity index (χ0) is 10.6. The molecule has 0 fully saturated rings. The second kappa shape index (κ2) is 4.76. The van der Waals surface area contributed by atoms with Crippen LogP contribution in [0.5, 0.6) is 5.88 Å². The molecule has 0 N–H and O–H groups in total. The first-order valence-corrected chi connectivity index (χ1v) is 4.84. The van der Waals surface area contributed by atoms with E-state index in [1.807, 2.05) is 19.0 Å². The Morgan fingerprint density at radius 3 is 2.71 bits per heavy atom. The second-order valence-corrected chi connectivity index (χ2v) is 3.77. The molecule has 1 heterocycles. The highest BCUT2D eigenvalue weighted by molar-refractivity contribution is 7.16. The molecule has 0 aliphatic carbocycles. The fourth-order valence-electron chi connectivity index (χ4n) is 0.876. The van der Waals surface area contributed by atoms with Gasteiger partial charge in [-0.2, -0.15) is 4.98 Å². The molecule has 1 rings (SSSR count). The number of anilines is 1. The number of nitrogens with zero attached hydrogens (tertiary/aromatic N) is 2. The van der Waals surface area contributed by atoms with Crippen molar-refractivity contribution in [3.05, 3.63) is 11.0 Å². The zero-order valence-electron chi connectivity index (χ0n) is 8.35. The SMILES string of the molecule is COc1nc(N(C)C)sc1C=CC=O. The van der Waals surface area contributed by atoms with Gasteiger partial charge >= 0.3 is 0 Å². The summed E-state index contributed by atoms with van der Waals surface area (Å²) in [4.78, 5) is 17.1. The van der Waals surface area contributed by atoms with E-state index in [0.717, 1.165) is 16.3 Å². The molecular formula is C9H12N2O2S. The number of hydrogen-bond donors (Lipinski definition) is 0. The maximum Gasteiger partial charge on any atom is 0.233 e. The maximum atomic E-state index is 10.2. The molecule has 76 valence electrons. The van der Waals surface area contributed by atoms with Crippen molar-refractivity contribution in [2.24, 2.45) is 0 Å². The Hall–Kier alpha value is -1.36. The quantitative estimate of drug-likeness (QED) is 0.559. The minimum Gasteiger partial charge on any atom is -0.480 e. The minimum atomic E-state index is 0.553. The van der Waals surface area contributed by atoms with Crippen molar-refractivity contribution in [3.8, 4) is 5.88 Å². The summed E-state index contributed by atoms with van der Waals surface area (Å²) in [5.74, 6) is 0.553. The van der Waals surface area contributed by atoms with Gasteiger partial charge in [0.15, 0.2) is 5.13 Å². The molecule has 0 unspecified atom stereocenters. The van der Waals surface area contributed by atoms with E-state index in [4.69, 9.17) is 4.74 Å². The highest BCUT2D eigenvalue weighted by Crippen LogP contribution is 2.31. The molecule has 0 aliphatic heterocycles. The highest BCUT2D eigenvalue weighted by atomic mass is 32.1. The standard InChI is InChI=1S/C9H12N2O2S/c1-11(2)9-10-8(13-3)7(14-9)5-4-6-12/h4-6H,1-3H3. The molecular weight excluding hydrogens is 200 g/mol. The molecule has 0 atom stereocenters. The molecule has 5 heteroatoms. The Morgan fingerprint density at radius 1 is 1.50 bits per heavy atom. The van der Waals surface area contributed by atoms with Crippen molar-refractivity contribution < 1.29 is 9.53 Å². The van der Waals surface area contributed by atoms with Gasteiger partial charge < -0.3 is 9.64 Å². The van der Waals surface area contributed by atoms with Crippen LogP contribution >= 0.6 is 11.3 Å². The molecule has 4 nitrogen and oxygen atoms in total. The van der Waals surface area contributed by atoms with E-state index in [-0.39, 0.29) is 0 Å². The predicted octanol–water partition coefficient (Wildman–Crippen LogP) is 1.43. The van der Waals surface area contributed by atoms with Crippen molar-refractivity contribution in [2.75, 3.05) is 26.1 Å². The van der Waals surface area contributed by atoms with Gasteiger partial charge in [-0.15, -0.1) is 0 Å². The average molecular weight is 212 g/mol. The molecule has 1 aromatic rings. The van der Waals surface area contributed by atoms with Crippen molar-refractivity contribution in [3.63, 3.8) is 0 Å². The molecule has 0 amide bonds. The van der Waals surface area contributed by atoms with Crippen LogP contribution in [0.4, 0.5) is 5.13 Å². The number of thiazole rings is 1. The van der Waals surface area contributed by atoms with Crippen LogP contribution in [0.1, 0.15) is 4.88 Å². The van der Waals surface area contributed by atoms with Crippen LogP contribution in [0.2, 0.25) is 0 Å². The van der Waals surface area contributed by atoms with Gasteiger partial charge in [0.05, 0.1) is 12.0 Å². The predicted molar refractivity (Wildman–Crippen MR) is 58.1 cm³/mol. The molecule has 0 saturated carbocycles. The molecule has 0 spiro atoms. The van der Waals surface area contributed by atoms with E-state index in [9.17, 15) is 4.79 Å². The number of hydrogen-bond acceptors (Lipinski definition) is 5. The minimum absolute atomic E-state index is 0.553. The molecule has 0 aromatic carbocycles. The van der Waals surface area contributed by atoms with E-state index in [2.05, 4.69) is 4.98 Å². The summed E-state index contributed by atoms with van der Waals surface area (Å²) in [6, 6.07) is 0.